The molecule has 5 nitrogen and oxygen atoms in total. The maximum atomic E-state index is 5.51. The summed E-state index contributed by atoms with van der Waals surface area (Å²) in [6.45, 7) is 3.07. The van der Waals surface area contributed by atoms with Crippen molar-refractivity contribution in [3.63, 3.8) is 0 Å². The molecule has 2 fully saturated rings. The van der Waals surface area contributed by atoms with Crippen molar-refractivity contribution in [2.45, 2.75) is 50.4 Å². The molecule has 0 aromatic carbocycles. The summed E-state index contributed by atoms with van der Waals surface area (Å²) >= 11 is 3.34. The number of hydrogen-bond donors (Lipinski definition) is 0. The van der Waals surface area contributed by atoms with Crippen molar-refractivity contribution in [1.29, 1.82) is 0 Å². The lowest BCUT2D eigenvalue weighted by Gasteiger charge is -2.34. The van der Waals surface area contributed by atoms with E-state index in [0.29, 0.717) is 18.2 Å². The minimum Gasteiger partial charge on any atom is -0.380 e. The van der Waals surface area contributed by atoms with Crippen LogP contribution >= 0.6 is 15.9 Å². The summed E-state index contributed by atoms with van der Waals surface area (Å²) in [6, 6.07) is 3.21. The van der Waals surface area contributed by atoms with Gasteiger partial charge in [0.1, 0.15) is 4.60 Å². The average Bonchev–Trinajstić information content (AvgIpc) is 3.17. The van der Waals surface area contributed by atoms with Gasteiger partial charge < -0.3 is 9.26 Å². The molecule has 1 aromatic heterocycles. The van der Waals surface area contributed by atoms with Gasteiger partial charge in [0, 0.05) is 38.3 Å². The minimum absolute atomic E-state index is 0.418. The summed E-state index contributed by atoms with van der Waals surface area (Å²) in [5, 5.41) is 3.90. The molecule has 0 bridgehead atoms. The normalized spacial score (nSPS) is 30.6. The van der Waals surface area contributed by atoms with E-state index in [1.165, 1.54) is 32.2 Å². The first-order chi connectivity index (χ1) is 10.2. The Morgan fingerprint density at radius 1 is 1.48 bits per heavy atom. The molecule has 3 atom stereocenters. The van der Waals surface area contributed by atoms with E-state index >= 15 is 0 Å². The molecule has 1 unspecified atom stereocenters. The number of aromatic nitrogens is 1. The third kappa shape index (κ3) is 3.50. The lowest BCUT2D eigenvalue weighted by Crippen LogP contribution is -2.46. The second kappa shape index (κ2) is 6.77. The maximum absolute atomic E-state index is 5.51. The van der Waals surface area contributed by atoms with Gasteiger partial charge in [0.15, 0.2) is 5.76 Å². The van der Waals surface area contributed by atoms with Crippen LogP contribution in [0.4, 0.5) is 0 Å². The lowest BCUT2D eigenvalue weighted by molar-refractivity contribution is 0.0820. The van der Waals surface area contributed by atoms with Crippen molar-refractivity contribution >= 4 is 15.9 Å². The van der Waals surface area contributed by atoms with Crippen LogP contribution in [-0.2, 0) is 11.3 Å². The molecule has 2 aliphatic rings. The van der Waals surface area contributed by atoms with E-state index in [2.05, 4.69) is 37.9 Å². The first-order valence-electron chi connectivity index (χ1n) is 7.75. The van der Waals surface area contributed by atoms with Gasteiger partial charge in [-0.3, -0.25) is 9.80 Å². The molecular weight excluding hydrogens is 334 g/mol. The summed E-state index contributed by atoms with van der Waals surface area (Å²) in [6.07, 6.45) is 5.46. The molecule has 1 aromatic rings. The third-order valence-electron chi connectivity index (χ3n) is 4.92. The minimum atomic E-state index is 0.418. The first-order valence-corrected chi connectivity index (χ1v) is 8.55. The summed E-state index contributed by atoms with van der Waals surface area (Å²) < 4.78 is 11.6. The van der Waals surface area contributed by atoms with Gasteiger partial charge in [0.05, 0.1) is 12.6 Å². The molecule has 1 aliphatic heterocycles. The number of likely N-dealkylation sites (N-methyl/N-ethyl adjacent to an activating group) is 1. The van der Waals surface area contributed by atoms with Crippen LogP contribution in [0.2, 0.25) is 0 Å². The molecule has 1 saturated heterocycles. The Morgan fingerprint density at radius 2 is 2.33 bits per heavy atom. The molecule has 118 valence electrons. The number of methoxy groups -OCH3 is 1. The number of nitrogens with zero attached hydrogens (tertiary/aromatic N) is 3. The van der Waals surface area contributed by atoms with Gasteiger partial charge in [-0.25, -0.2) is 0 Å². The van der Waals surface area contributed by atoms with E-state index in [4.69, 9.17) is 9.26 Å². The molecule has 0 N–H and O–H groups in total. The van der Waals surface area contributed by atoms with Crippen LogP contribution in [0.25, 0.3) is 0 Å². The summed E-state index contributed by atoms with van der Waals surface area (Å²) in [7, 11) is 4.03. The highest BCUT2D eigenvalue weighted by molar-refractivity contribution is 9.10. The monoisotopic (exact) mass is 357 g/mol. The largest absolute Gasteiger partial charge is 0.380 e. The molecule has 1 saturated carbocycles. The number of ether oxygens (including phenoxy) is 1. The van der Waals surface area contributed by atoms with Crippen LogP contribution < -0.4 is 0 Å². The van der Waals surface area contributed by atoms with Crippen LogP contribution in [0.5, 0.6) is 0 Å². The number of likely N-dealkylation sites (tertiary alicyclic amines) is 1. The van der Waals surface area contributed by atoms with Crippen molar-refractivity contribution in [3.8, 4) is 0 Å². The van der Waals surface area contributed by atoms with E-state index in [9.17, 15) is 0 Å². The zero-order valence-corrected chi connectivity index (χ0v) is 14.4. The topological polar surface area (TPSA) is 41.7 Å². The van der Waals surface area contributed by atoms with Crippen LogP contribution in [0.1, 0.15) is 31.4 Å². The summed E-state index contributed by atoms with van der Waals surface area (Å²) in [5.41, 5.74) is 0. The Hall–Kier alpha value is -0.430. The number of halogens is 1. The van der Waals surface area contributed by atoms with E-state index in [1.807, 2.05) is 13.2 Å². The highest BCUT2D eigenvalue weighted by atomic mass is 79.9. The predicted octanol–water partition coefficient (Wildman–Crippen LogP) is 2.51. The van der Waals surface area contributed by atoms with Crippen molar-refractivity contribution in [2.75, 3.05) is 27.2 Å². The molecule has 0 radical (unpaired) electrons. The van der Waals surface area contributed by atoms with E-state index in [0.717, 1.165) is 23.5 Å². The van der Waals surface area contributed by atoms with E-state index < -0.39 is 0 Å². The molecule has 6 heteroatoms. The second-order valence-electron chi connectivity index (χ2n) is 6.24. The van der Waals surface area contributed by atoms with Crippen LogP contribution in [-0.4, -0.2) is 60.4 Å². The Balaban J connectivity index is 1.60. The highest BCUT2D eigenvalue weighted by Gasteiger charge is 2.38. The van der Waals surface area contributed by atoms with E-state index in [-0.39, 0.29) is 0 Å². The highest BCUT2D eigenvalue weighted by Crippen LogP contribution is 2.31. The maximum Gasteiger partial charge on any atom is 0.151 e. The second-order valence-corrected chi connectivity index (χ2v) is 7.05. The smallest absolute Gasteiger partial charge is 0.151 e. The van der Waals surface area contributed by atoms with Crippen molar-refractivity contribution < 1.29 is 9.26 Å². The molecule has 1 aliphatic carbocycles. The first kappa shape index (κ1) is 15.5. The Morgan fingerprint density at radius 3 is 3.00 bits per heavy atom. The van der Waals surface area contributed by atoms with Crippen molar-refractivity contribution in [3.05, 3.63) is 16.4 Å². The standard InChI is InChI=1S/C15H24BrN3O2/c1-18(9-12-8-15(16)17-21-12)13-4-3-5-14(13)19-7-6-11(10-19)20-2/h8,11,13-14H,3-7,9-10H2,1-2H3/t11?,13-,14+/m1/s1. The van der Waals surface area contributed by atoms with Gasteiger partial charge in [-0.15, -0.1) is 0 Å². The number of rotatable bonds is 5. The fourth-order valence-corrected chi connectivity index (χ4v) is 4.16. The molecule has 2 heterocycles. The SMILES string of the molecule is COC1CCN([C@H]2CCC[C@H]2N(C)Cc2cc(Br)no2)C1. The molecular formula is C15H24BrN3O2. The van der Waals surface area contributed by atoms with Crippen LogP contribution in [0.3, 0.4) is 0 Å². The lowest BCUT2D eigenvalue weighted by atomic mass is 10.1. The quantitative estimate of drug-likeness (QED) is 0.809. The Bertz CT molecular complexity index is 468. The number of hydrogen-bond acceptors (Lipinski definition) is 5. The fraction of sp³-hybridized carbons (Fsp3) is 0.800. The van der Waals surface area contributed by atoms with Gasteiger partial charge in [0.25, 0.3) is 0 Å². The fourth-order valence-electron chi connectivity index (χ4n) is 3.83. The molecule has 21 heavy (non-hydrogen) atoms. The van der Waals surface area contributed by atoms with Crippen LogP contribution in [0, 0.1) is 0 Å². The van der Waals surface area contributed by atoms with Gasteiger partial charge in [-0.2, -0.15) is 0 Å². The summed E-state index contributed by atoms with van der Waals surface area (Å²) in [5.74, 6) is 0.922. The average molecular weight is 358 g/mol. The molecule has 0 amide bonds. The Labute approximate surface area is 134 Å². The molecule has 0 spiro atoms. The predicted molar refractivity (Wildman–Crippen MR) is 84.1 cm³/mol. The van der Waals surface area contributed by atoms with Crippen LogP contribution in [0.15, 0.2) is 15.2 Å². The summed E-state index contributed by atoms with van der Waals surface area (Å²) in [4.78, 5) is 5.05. The zero-order valence-electron chi connectivity index (χ0n) is 12.8. The Kier molecular flexibility index (Phi) is 4.99. The van der Waals surface area contributed by atoms with Crippen molar-refractivity contribution in [2.24, 2.45) is 0 Å². The molecule has 3 rings (SSSR count). The van der Waals surface area contributed by atoms with E-state index in [1.54, 1.807) is 0 Å². The van der Waals surface area contributed by atoms with Gasteiger partial charge >= 0.3 is 0 Å². The van der Waals surface area contributed by atoms with Crippen molar-refractivity contribution in [1.82, 2.24) is 15.0 Å². The van der Waals surface area contributed by atoms with Gasteiger partial charge in [-0.05, 0) is 42.2 Å². The zero-order chi connectivity index (χ0) is 14.8. The third-order valence-corrected chi connectivity index (χ3v) is 5.30. The van der Waals surface area contributed by atoms with Gasteiger partial charge in [-0.1, -0.05) is 11.6 Å². The van der Waals surface area contributed by atoms with Gasteiger partial charge in [0.2, 0.25) is 0 Å².